The van der Waals surface area contributed by atoms with E-state index < -0.39 is 29.0 Å². The Morgan fingerprint density at radius 1 is 1.22 bits per heavy atom. The highest BCUT2D eigenvalue weighted by molar-refractivity contribution is 5.96. The molecule has 3 saturated carbocycles. The van der Waals surface area contributed by atoms with E-state index >= 15 is 0 Å². The maximum absolute atomic E-state index is 12.2. The molecule has 8 nitrogen and oxygen atoms in total. The number of hydrogen-bond acceptors (Lipinski definition) is 6. The number of carbonyl (C=O) groups excluding carboxylic acids is 1. The number of aliphatic hydroxyl groups excluding tert-OH is 1. The van der Waals surface area contributed by atoms with E-state index in [1.165, 1.54) is 5.57 Å². The molecule has 4 aliphatic carbocycles. The summed E-state index contributed by atoms with van der Waals surface area (Å²) in [5.41, 5.74) is 0.152. The van der Waals surface area contributed by atoms with Gasteiger partial charge in [-0.05, 0) is 80.6 Å². The van der Waals surface area contributed by atoms with Crippen LogP contribution in [0.25, 0.3) is 0 Å². The summed E-state index contributed by atoms with van der Waals surface area (Å²) in [6, 6.07) is 0. The topological polar surface area (TPSA) is 128 Å². The molecule has 0 heterocycles. The predicted molar refractivity (Wildman–Crippen MR) is 139 cm³/mol. The summed E-state index contributed by atoms with van der Waals surface area (Å²) >= 11 is 0. The molecule has 0 radical (unpaired) electrons. The molecule has 0 bridgehead atoms. The Kier molecular flexibility index (Phi) is 7.28. The van der Waals surface area contributed by atoms with Crippen LogP contribution in [0.1, 0.15) is 79.1 Å². The summed E-state index contributed by atoms with van der Waals surface area (Å²) in [5, 5.41) is 36.8. The summed E-state index contributed by atoms with van der Waals surface area (Å²) in [7, 11) is 0. The van der Waals surface area contributed by atoms with Crippen molar-refractivity contribution in [2.24, 2.45) is 39.2 Å². The number of hydrogen-bond donors (Lipinski definition) is 4. The molecular formula is C29H42N2O6. The highest BCUT2D eigenvalue weighted by Gasteiger charge is 2.63. The summed E-state index contributed by atoms with van der Waals surface area (Å²) in [5.74, 6) is 2.61. The Hall–Kier alpha value is -2.37. The molecule has 0 aromatic rings. The third-order valence-electron chi connectivity index (χ3n) is 10.5. The average molecular weight is 515 g/mol. The van der Waals surface area contributed by atoms with Crippen molar-refractivity contribution in [2.45, 2.75) is 90.8 Å². The molecule has 0 aromatic carbocycles. The van der Waals surface area contributed by atoms with Crippen molar-refractivity contribution in [1.82, 2.24) is 5.32 Å². The van der Waals surface area contributed by atoms with E-state index in [0.29, 0.717) is 24.2 Å². The van der Waals surface area contributed by atoms with Gasteiger partial charge in [-0.2, -0.15) is 0 Å². The van der Waals surface area contributed by atoms with Gasteiger partial charge in [0, 0.05) is 17.4 Å². The van der Waals surface area contributed by atoms with Gasteiger partial charge in [0.15, 0.2) is 12.7 Å². The molecule has 3 fully saturated rings. The number of nitrogens with zero attached hydrogens (tertiary/aromatic N) is 1. The maximum Gasteiger partial charge on any atom is 0.333 e. The lowest BCUT2D eigenvalue weighted by Gasteiger charge is -2.58. The molecule has 204 valence electrons. The fourth-order valence-corrected chi connectivity index (χ4v) is 7.88. The zero-order valence-electron chi connectivity index (χ0n) is 22.5. The first kappa shape index (κ1) is 27.7. The second-order valence-electron chi connectivity index (χ2n) is 12.9. The summed E-state index contributed by atoms with van der Waals surface area (Å²) < 4.78 is 0. The number of allylic oxidation sites excluding steroid dienone is 2. The van der Waals surface area contributed by atoms with Crippen molar-refractivity contribution in [3.05, 3.63) is 11.6 Å². The van der Waals surface area contributed by atoms with Crippen LogP contribution in [0.15, 0.2) is 16.8 Å². The van der Waals surface area contributed by atoms with Crippen molar-refractivity contribution in [1.29, 1.82) is 0 Å². The highest BCUT2D eigenvalue weighted by Crippen LogP contribution is 2.67. The van der Waals surface area contributed by atoms with Crippen LogP contribution in [0, 0.1) is 46.3 Å². The van der Waals surface area contributed by atoms with Crippen LogP contribution in [0.3, 0.4) is 0 Å². The van der Waals surface area contributed by atoms with Crippen molar-refractivity contribution in [2.75, 3.05) is 13.2 Å². The fourth-order valence-electron chi connectivity index (χ4n) is 7.88. The summed E-state index contributed by atoms with van der Waals surface area (Å²) in [4.78, 5) is 28.5. The van der Waals surface area contributed by atoms with E-state index in [2.05, 4.69) is 36.3 Å². The lowest BCUT2D eigenvalue weighted by molar-refractivity contribution is -0.153. The average Bonchev–Trinajstić information content (AvgIpc) is 3.13. The second kappa shape index (κ2) is 9.74. The van der Waals surface area contributed by atoms with Crippen molar-refractivity contribution in [3.8, 4) is 12.3 Å². The van der Waals surface area contributed by atoms with Gasteiger partial charge >= 0.3 is 5.97 Å². The van der Waals surface area contributed by atoms with Crippen LogP contribution in [-0.2, 0) is 14.4 Å². The molecule has 0 saturated heterocycles. The van der Waals surface area contributed by atoms with Gasteiger partial charge in [0.2, 0.25) is 0 Å². The molecule has 4 N–H and O–H groups in total. The number of aliphatic carboxylic acids is 1. The van der Waals surface area contributed by atoms with Gasteiger partial charge in [-0.3, -0.25) is 4.79 Å². The Morgan fingerprint density at radius 2 is 1.92 bits per heavy atom. The van der Waals surface area contributed by atoms with Crippen molar-refractivity contribution < 1.29 is 29.7 Å². The van der Waals surface area contributed by atoms with E-state index in [0.717, 1.165) is 50.7 Å². The van der Waals surface area contributed by atoms with Gasteiger partial charge in [-0.25, -0.2) is 4.79 Å². The number of terminal acetylenes is 1. The third kappa shape index (κ3) is 4.70. The number of aliphatic hydroxyl groups is 2. The zero-order valence-corrected chi connectivity index (χ0v) is 22.5. The number of nitrogens with one attached hydrogen (secondary N) is 1. The van der Waals surface area contributed by atoms with E-state index in [1.54, 1.807) is 13.8 Å². The van der Waals surface area contributed by atoms with Gasteiger partial charge in [-0.15, -0.1) is 6.42 Å². The maximum atomic E-state index is 12.2. The number of carbonyl (C=O) groups is 2. The van der Waals surface area contributed by atoms with E-state index in [1.807, 2.05) is 0 Å². The molecule has 37 heavy (non-hydrogen) atoms. The molecule has 0 spiro atoms. The Labute approximate surface area is 219 Å². The third-order valence-corrected chi connectivity index (χ3v) is 10.5. The minimum Gasteiger partial charge on any atom is -0.479 e. The van der Waals surface area contributed by atoms with Crippen LogP contribution in [-0.4, -0.2) is 57.8 Å². The SMILES string of the molecule is C#CC1(O)CCC2C3CCC4=CC(=NOCC(=O)NCC(C)(C)C(O)C(=O)O)CCC4(C)C3CCC21C. The standard InChI is InChI=1S/C29H42N2O6/c1-6-29(36)14-11-22-20-8-7-18-15-19(9-12-27(18,4)21(20)10-13-28(22,29)5)31-37-16-23(32)30-17-26(2,3)24(33)25(34)35/h1,15,20-22,24,33,36H,7-14,16-17H2,2-5H3,(H,30,32)(H,34,35). The van der Waals surface area contributed by atoms with Crippen LogP contribution in [0.2, 0.25) is 0 Å². The van der Waals surface area contributed by atoms with E-state index in [4.69, 9.17) is 16.4 Å². The highest BCUT2D eigenvalue weighted by atomic mass is 16.6. The van der Waals surface area contributed by atoms with Crippen molar-refractivity contribution >= 4 is 17.6 Å². The van der Waals surface area contributed by atoms with Gasteiger partial charge < -0.3 is 25.5 Å². The lowest BCUT2D eigenvalue weighted by Crippen LogP contribution is -2.54. The Bertz CT molecular complexity index is 1040. The van der Waals surface area contributed by atoms with Gasteiger partial charge in [-0.1, -0.05) is 44.3 Å². The molecule has 0 aliphatic heterocycles. The van der Waals surface area contributed by atoms with Crippen LogP contribution >= 0.6 is 0 Å². The number of rotatable bonds is 7. The molecule has 4 rings (SSSR count). The Balaban J connectivity index is 1.36. The first-order valence-electron chi connectivity index (χ1n) is 13.5. The predicted octanol–water partition coefficient (Wildman–Crippen LogP) is 3.27. The van der Waals surface area contributed by atoms with E-state index in [9.17, 15) is 19.8 Å². The van der Waals surface area contributed by atoms with Gasteiger partial charge in [0.05, 0.1) is 5.71 Å². The fraction of sp³-hybridized carbons (Fsp3) is 0.759. The Morgan fingerprint density at radius 3 is 2.59 bits per heavy atom. The largest absolute Gasteiger partial charge is 0.479 e. The molecule has 7 unspecified atom stereocenters. The molecule has 7 atom stereocenters. The van der Waals surface area contributed by atoms with Crippen LogP contribution in [0.5, 0.6) is 0 Å². The van der Waals surface area contributed by atoms with Gasteiger partial charge in [0.25, 0.3) is 5.91 Å². The van der Waals surface area contributed by atoms with E-state index in [-0.39, 0.29) is 24.0 Å². The number of oxime groups is 1. The lowest BCUT2D eigenvalue weighted by atomic mass is 9.46. The zero-order chi connectivity index (χ0) is 27.2. The number of fused-ring (bicyclic) bond motifs is 5. The summed E-state index contributed by atoms with van der Waals surface area (Å²) in [6.07, 6.45) is 14.0. The molecular weight excluding hydrogens is 472 g/mol. The number of carboxylic acids is 1. The van der Waals surface area contributed by atoms with Gasteiger partial charge in [0.1, 0.15) is 5.60 Å². The van der Waals surface area contributed by atoms with Crippen LogP contribution in [0.4, 0.5) is 0 Å². The second-order valence-corrected chi connectivity index (χ2v) is 12.9. The minimum atomic E-state index is -1.58. The number of carboxylic acid groups (broad SMARTS) is 1. The monoisotopic (exact) mass is 514 g/mol. The smallest absolute Gasteiger partial charge is 0.333 e. The first-order valence-corrected chi connectivity index (χ1v) is 13.5. The van der Waals surface area contributed by atoms with Crippen molar-refractivity contribution in [3.63, 3.8) is 0 Å². The number of amides is 1. The molecule has 8 heteroatoms. The molecule has 1 amide bonds. The minimum absolute atomic E-state index is 0.00295. The molecule has 0 aromatic heterocycles. The quantitative estimate of drug-likeness (QED) is 0.305. The van der Waals surface area contributed by atoms with Crippen LogP contribution < -0.4 is 5.32 Å². The summed E-state index contributed by atoms with van der Waals surface area (Å²) in [6.45, 7) is 7.47. The molecule has 4 aliphatic rings. The first-order chi connectivity index (χ1) is 17.3. The normalized spacial score (nSPS) is 38.9.